The molecule has 1 aromatic heterocycles. The number of aryl methyl sites for hydroxylation is 1. The Morgan fingerprint density at radius 3 is 2.67 bits per heavy atom. The van der Waals surface area contributed by atoms with Crippen LogP contribution in [0.15, 0.2) is 12.4 Å². The Hall–Kier alpha value is -1.12. The van der Waals surface area contributed by atoms with Crippen LogP contribution in [0, 0.1) is 6.92 Å². The van der Waals surface area contributed by atoms with E-state index in [-0.39, 0.29) is 0 Å². The third-order valence-electron chi connectivity index (χ3n) is 2.22. The van der Waals surface area contributed by atoms with Crippen molar-refractivity contribution >= 4 is 5.82 Å². The van der Waals surface area contributed by atoms with Gasteiger partial charge < -0.3 is 4.90 Å². The number of hydrogen-bond donors (Lipinski definition) is 0. The summed E-state index contributed by atoms with van der Waals surface area (Å²) >= 11 is 0. The first-order chi connectivity index (χ1) is 5.86. The van der Waals surface area contributed by atoms with Gasteiger partial charge in [-0.3, -0.25) is 0 Å². The molecule has 0 atom stereocenters. The zero-order chi connectivity index (χ0) is 8.39. The molecule has 1 saturated heterocycles. The molecule has 0 spiro atoms. The standard InChI is InChI=1S/C9H13N3/c1-8-6-9(11-7-10-8)12-4-2-3-5-12/h6-7H,2-5H2,1H3. The summed E-state index contributed by atoms with van der Waals surface area (Å²) in [7, 11) is 0. The quantitative estimate of drug-likeness (QED) is 0.626. The molecule has 3 nitrogen and oxygen atoms in total. The molecule has 0 aromatic carbocycles. The summed E-state index contributed by atoms with van der Waals surface area (Å²) in [5, 5.41) is 0. The summed E-state index contributed by atoms with van der Waals surface area (Å²) in [6.07, 6.45) is 4.23. The lowest BCUT2D eigenvalue weighted by molar-refractivity contribution is 0.920. The molecule has 0 saturated carbocycles. The van der Waals surface area contributed by atoms with Crippen LogP contribution in [0.3, 0.4) is 0 Å². The minimum Gasteiger partial charge on any atom is -0.357 e. The number of aromatic nitrogens is 2. The number of rotatable bonds is 1. The molecule has 0 amide bonds. The van der Waals surface area contributed by atoms with Gasteiger partial charge in [-0.2, -0.15) is 0 Å². The van der Waals surface area contributed by atoms with Crippen LogP contribution < -0.4 is 4.90 Å². The van der Waals surface area contributed by atoms with Crippen LogP contribution in [-0.2, 0) is 0 Å². The van der Waals surface area contributed by atoms with Crippen molar-refractivity contribution < 1.29 is 0 Å². The molecule has 1 fully saturated rings. The van der Waals surface area contributed by atoms with E-state index >= 15 is 0 Å². The van der Waals surface area contributed by atoms with Gasteiger partial charge in [-0.05, 0) is 19.8 Å². The smallest absolute Gasteiger partial charge is 0.132 e. The maximum absolute atomic E-state index is 4.24. The zero-order valence-corrected chi connectivity index (χ0v) is 7.32. The number of hydrogen-bond acceptors (Lipinski definition) is 3. The van der Waals surface area contributed by atoms with Gasteiger partial charge >= 0.3 is 0 Å². The molecular weight excluding hydrogens is 150 g/mol. The first kappa shape index (κ1) is 7.53. The minimum absolute atomic E-state index is 1.05. The summed E-state index contributed by atoms with van der Waals surface area (Å²) in [6.45, 7) is 4.30. The Bertz CT molecular complexity index is 266. The SMILES string of the molecule is Cc1cc(N2CCCC2)ncn1. The molecule has 2 heterocycles. The van der Waals surface area contributed by atoms with Crippen LogP contribution >= 0.6 is 0 Å². The van der Waals surface area contributed by atoms with Crippen molar-refractivity contribution in [1.29, 1.82) is 0 Å². The van der Waals surface area contributed by atoms with Gasteiger partial charge in [0.1, 0.15) is 12.1 Å². The topological polar surface area (TPSA) is 29.0 Å². The molecule has 0 N–H and O–H groups in total. The van der Waals surface area contributed by atoms with Crippen LogP contribution in [0.1, 0.15) is 18.5 Å². The Morgan fingerprint density at radius 1 is 1.25 bits per heavy atom. The Kier molecular flexibility index (Phi) is 1.94. The highest BCUT2D eigenvalue weighted by atomic mass is 15.2. The average Bonchev–Trinajstić information content (AvgIpc) is 2.56. The molecule has 0 radical (unpaired) electrons. The van der Waals surface area contributed by atoms with E-state index in [4.69, 9.17) is 0 Å². The summed E-state index contributed by atoms with van der Waals surface area (Å²) in [5.74, 6) is 1.08. The zero-order valence-electron chi connectivity index (χ0n) is 7.32. The fourth-order valence-corrected chi connectivity index (χ4v) is 1.56. The van der Waals surface area contributed by atoms with Gasteiger partial charge in [0.15, 0.2) is 0 Å². The highest BCUT2D eigenvalue weighted by Gasteiger charge is 2.12. The van der Waals surface area contributed by atoms with Gasteiger partial charge in [0.2, 0.25) is 0 Å². The first-order valence-electron chi connectivity index (χ1n) is 4.40. The Morgan fingerprint density at radius 2 is 2.00 bits per heavy atom. The van der Waals surface area contributed by atoms with Crippen molar-refractivity contribution in [2.45, 2.75) is 19.8 Å². The second kappa shape index (κ2) is 3.09. The Balaban J connectivity index is 2.21. The molecule has 1 aliphatic rings. The van der Waals surface area contributed by atoms with E-state index in [2.05, 4.69) is 14.9 Å². The minimum atomic E-state index is 1.05. The molecule has 3 heteroatoms. The molecule has 0 unspecified atom stereocenters. The van der Waals surface area contributed by atoms with E-state index in [0.717, 1.165) is 24.6 Å². The van der Waals surface area contributed by atoms with E-state index in [9.17, 15) is 0 Å². The van der Waals surface area contributed by atoms with Crippen molar-refractivity contribution in [3.05, 3.63) is 18.1 Å². The predicted octanol–water partition coefficient (Wildman–Crippen LogP) is 1.39. The van der Waals surface area contributed by atoms with Crippen molar-refractivity contribution in [2.75, 3.05) is 18.0 Å². The van der Waals surface area contributed by atoms with Crippen molar-refractivity contribution in [3.63, 3.8) is 0 Å². The number of nitrogens with zero attached hydrogens (tertiary/aromatic N) is 3. The predicted molar refractivity (Wildman–Crippen MR) is 48.2 cm³/mol. The molecule has 2 rings (SSSR count). The maximum atomic E-state index is 4.24. The maximum Gasteiger partial charge on any atom is 0.132 e. The lowest BCUT2D eigenvalue weighted by atomic mass is 10.4. The monoisotopic (exact) mass is 163 g/mol. The molecular formula is C9H13N3. The van der Waals surface area contributed by atoms with E-state index in [1.165, 1.54) is 12.8 Å². The van der Waals surface area contributed by atoms with Crippen LogP contribution in [0.4, 0.5) is 5.82 Å². The van der Waals surface area contributed by atoms with Gasteiger partial charge in [-0.15, -0.1) is 0 Å². The van der Waals surface area contributed by atoms with Crippen LogP contribution in [-0.4, -0.2) is 23.1 Å². The summed E-state index contributed by atoms with van der Waals surface area (Å²) in [4.78, 5) is 10.6. The van der Waals surface area contributed by atoms with E-state index < -0.39 is 0 Å². The normalized spacial score (nSPS) is 16.9. The fraction of sp³-hybridized carbons (Fsp3) is 0.556. The molecule has 0 bridgehead atoms. The first-order valence-corrected chi connectivity index (χ1v) is 4.40. The number of anilines is 1. The second-order valence-corrected chi connectivity index (χ2v) is 3.21. The largest absolute Gasteiger partial charge is 0.357 e. The highest BCUT2D eigenvalue weighted by molar-refractivity contribution is 5.39. The van der Waals surface area contributed by atoms with Gasteiger partial charge in [-0.1, -0.05) is 0 Å². The average molecular weight is 163 g/mol. The fourth-order valence-electron chi connectivity index (χ4n) is 1.56. The molecule has 64 valence electrons. The lowest BCUT2D eigenvalue weighted by Crippen LogP contribution is -2.19. The third kappa shape index (κ3) is 1.40. The Labute approximate surface area is 72.4 Å². The van der Waals surface area contributed by atoms with Crippen LogP contribution in [0.5, 0.6) is 0 Å². The summed E-state index contributed by atoms with van der Waals surface area (Å²) in [5.41, 5.74) is 1.05. The third-order valence-corrected chi connectivity index (χ3v) is 2.22. The van der Waals surface area contributed by atoms with E-state index in [1.807, 2.05) is 13.0 Å². The molecule has 1 aliphatic heterocycles. The van der Waals surface area contributed by atoms with Crippen LogP contribution in [0.25, 0.3) is 0 Å². The van der Waals surface area contributed by atoms with Gasteiger partial charge in [0, 0.05) is 24.8 Å². The van der Waals surface area contributed by atoms with Gasteiger partial charge in [0.05, 0.1) is 0 Å². The van der Waals surface area contributed by atoms with Crippen molar-refractivity contribution in [1.82, 2.24) is 9.97 Å². The van der Waals surface area contributed by atoms with Crippen LogP contribution in [0.2, 0.25) is 0 Å². The molecule has 12 heavy (non-hydrogen) atoms. The van der Waals surface area contributed by atoms with Crippen molar-refractivity contribution in [3.8, 4) is 0 Å². The van der Waals surface area contributed by atoms with Gasteiger partial charge in [0.25, 0.3) is 0 Å². The molecule has 1 aromatic rings. The summed E-state index contributed by atoms with van der Waals surface area (Å²) in [6, 6.07) is 2.05. The second-order valence-electron chi connectivity index (χ2n) is 3.21. The van der Waals surface area contributed by atoms with E-state index in [1.54, 1.807) is 6.33 Å². The van der Waals surface area contributed by atoms with Gasteiger partial charge in [-0.25, -0.2) is 9.97 Å². The highest BCUT2D eigenvalue weighted by Crippen LogP contribution is 2.16. The summed E-state index contributed by atoms with van der Waals surface area (Å²) < 4.78 is 0. The molecule has 0 aliphatic carbocycles. The lowest BCUT2D eigenvalue weighted by Gasteiger charge is -2.15. The van der Waals surface area contributed by atoms with Crippen molar-refractivity contribution in [2.24, 2.45) is 0 Å². The van der Waals surface area contributed by atoms with E-state index in [0.29, 0.717) is 0 Å².